The van der Waals surface area contributed by atoms with Crippen molar-refractivity contribution in [3.8, 4) is 10.6 Å². The van der Waals surface area contributed by atoms with E-state index < -0.39 is 0 Å². The summed E-state index contributed by atoms with van der Waals surface area (Å²) in [6.45, 7) is 0.875. The highest BCUT2D eigenvalue weighted by atomic mass is 32.1. The van der Waals surface area contributed by atoms with Gasteiger partial charge in [-0.05, 0) is 36.1 Å². The van der Waals surface area contributed by atoms with Crippen molar-refractivity contribution in [2.75, 3.05) is 13.2 Å². The number of hydrogen-bond acceptors (Lipinski definition) is 5. The molecule has 0 atom stereocenters. The Bertz CT molecular complexity index is 603. The molecule has 0 spiro atoms. The number of aromatic nitrogens is 1. The lowest BCUT2D eigenvalue weighted by Crippen LogP contribution is -2.31. The first-order valence-electron chi connectivity index (χ1n) is 7.05. The van der Waals surface area contributed by atoms with Crippen LogP contribution in [0.25, 0.3) is 10.6 Å². The second kappa shape index (κ2) is 6.25. The molecule has 4 nitrogen and oxygen atoms in total. The van der Waals surface area contributed by atoms with Crippen molar-refractivity contribution in [3.63, 3.8) is 0 Å². The van der Waals surface area contributed by atoms with Crippen molar-refractivity contribution < 1.29 is 9.90 Å². The standard InChI is InChI=1S/C15H18N2O2S2/c18-5-4-15(2-3-15)10-16-13(19)7-12-9-21-14(17-12)11-1-6-20-8-11/h1,6,8-9,18H,2-5,7,10H2,(H,16,19). The molecule has 0 unspecified atom stereocenters. The zero-order chi connectivity index (χ0) is 14.7. The normalized spacial score (nSPS) is 15.9. The lowest BCUT2D eigenvalue weighted by Gasteiger charge is -2.14. The summed E-state index contributed by atoms with van der Waals surface area (Å²) in [7, 11) is 0. The molecular formula is C15H18N2O2S2. The average Bonchev–Trinajstić information content (AvgIpc) is 2.91. The second-order valence-corrected chi connectivity index (χ2v) is 7.22. The van der Waals surface area contributed by atoms with Crippen molar-refractivity contribution in [2.24, 2.45) is 5.41 Å². The van der Waals surface area contributed by atoms with Gasteiger partial charge in [-0.1, -0.05) is 0 Å². The first-order valence-corrected chi connectivity index (χ1v) is 8.88. The minimum Gasteiger partial charge on any atom is -0.396 e. The van der Waals surface area contributed by atoms with Crippen LogP contribution in [-0.2, 0) is 11.2 Å². The number of hydrogen-bond donors (Lipinski definition) is 2. The van der Waals surface area contributed by atoms with Gasteiger partial charge in [0.15, 0.2) is 0 Å². The molecule has 1 fully saturated rings. The fraction of sp³-hybridized carbons (Fsp3) is 0.467. The molecule has 2 N–H and O–H groups in total. The first kappa shape index (κ1) is 14.7. The van der Waals surface area contributed by atoms with Gasteiger partial charge in [0.1, 0.15) is 5.01 Å². The molecular weight excluding hydrogens is 304 g/mol. The fourth-order valence-corrected chi connectivity index (χ4v) is 3.88. The molecule has 0 saturated heterocycles. The minimum atomic E-state index is 0.0152. The van der Waals surface area contributed by atoms with E-state index in [1.54, 1.807) is 22.7 Å². The Kier molecular flexibility index (Phi) is 4.37. The van der Waals surface area contributed by atoms with Crippen molar-refractivity contribution >= 4 is 28.6 Å². The van der Waals surface area contributed by atoms with Gasteiger partial charge in [-0.15, -0.1) is 11.3 Å². The van der Waals surface area contributed by atoms with E-state index >= 15 is 0 Å². The maximum absolute atomic E-state index is 12.0. The van der Waals surface area contributed by atoms with Crippen LogP contribution in [0, 0.1) is 5.41 Å². The van der Waals surface area contributed by atoms with E-state index in [9.17, 15) is 4.79 Å². The van der Waals surface area contributed by atoms with Gasteiger partial charge >= 0.3 is 0 Å². The summed E-state index contributed by atoms with van der Waals surface area (Å²) < 4.78 is 0. The molecule has 0 aliphatic heterocycles. The third-order valence-electron chi connectivity index (χ3n) is 3.92. The van der Waals surface area contributed by atoms with Gasteiger partial charge < -0.3 is 10.4 Å². The molecule has 3 rings (SSSR count). The number of nitrogens with one attached hydrogen (secondary N) is 1. The number of carbonyl (C=O) groups excluding carboxylic acids is 1. The average molecular weight is 322 g/mol. The first-order chi connectivity index (χ1) is 10.2. The van der Waals surface area contributed by atoms with Crippen molar-refractivity contribution in [1.82, 2.24) is 10.3 Å². The zero-order valence-electron chi connectivity index (χ0n) is 11.7. The SMILES string of the molecule is O=C(Cc1csc(-c2ccsc2)n1)NCC1(CCO)CC1. The molecule has 2 aromatic rings. The van der Waals surface area contributed by atoms with Crippen LogP contribution in [0.3, 0.4) is 0 Å². The van der Waals surface area contributed by atoms with E-state index in [4.69, 9.17) is 5.11 Å². The number of aliphatic hydroxyl groups excluding tert-OH is 1. The van der Waals surface area contributed by atoms with Gasteiger partial charge in [-0.25, -0.2) is 4.98 Å². The molecule has 6 heteroatoms. The number of rotatable bonds is 7. The highest BCUT2D eigenvalue weighted by molar-refractivity contribution is 7.14. The molecule has 1 amide bonds. The van der Waals surface area contributed by atoms with E-state index in [-0.39, 0.29) is 17.9 Å². The van der Waals surface area contributed by atoms with Crippen LogP contribution in [-0.4, -0.2) is 29.1 Å². The van der Waals surface area contributed by atoms with Gasteiger partial charge in [0.05, 0.1) is 12.1 Å². The largest absolute Gasteiger partial charge is 0.396 e. The Labute approximate surface area is 131 Å². The zero-order valence-corrected chi connectivity index (χ0v) is 13.3. The maximum atomic E-state index is 12.0. The summed E-state index contributed by atoms with van der Waals surface area (Å²) in [6, 6.07) is 2.04. The van der Waals surface area contributed by atoms with Gasteiger partial charge in [0.25, 0.3) is 0 Å². The van der Waals surface area contributed by atoms with Crippen LogP contribution < -0.4 is 5.32 Å². The van der Waals surface area contributed by atoms with Gasteiger partial charge in [-0.3, -0.25) is 4.79 Å². The second-order valence-electron chi connectivity index (χ2n) is 5.58. The van der Waals surface area contributed by atoms with Crippen LogP contribution in [0.2, 0.25) is 0 Å². The Balaban J connectivity index is 1.51. The summed E-state index contributed by atoms with van der Waals surface area (Å²) in [5.74, 6) is 0.0152. The Morgan fingerprint density at radius 3 is 2.95 bits per heavy atom. The van der Waals surface area contributed by atoms with Crippen LogP contribution in [0.5, 0.6) is 0 Å². The van der Waals surface area contributed by atoms with Crippen LogP contribution in [0.15, 0.2) is 22.2 Å². The van der Waals surface area contributed by atoms with Gasteiger partial charge in [0.2, 0.25) is 5.91 Å². The number of thiazole rings is 1. The van der Waals surface area contributed by atoms with Crippen LogP contribution in [0.4, 0.5) is 0 Å². The molecule has 112 valence electrons. The number of nitrogens with zero attached hydrogens (tertiary/aromatic N) is 1. The van der Waals surface area contributed by atoms with Crippen LogP contribution >= 0.6 is 22.7 Å². The van der Waals surface area contributed by atoms with Crippen molar-refractivity contribution in [2.45, 2.75) is 25.7 Å². The van der Waals surface area contributed by atoms with E-state index in [1.165, 1.54) is 0 Å². The third-order valence-corrected chi connectivity index (χ3v) is 5.54. The number of amides is 1. The molecule has 2 heterocycles. The molecule has 1 aliphatic rings. The smallest absolute Gasteiger partial charge is 0.226 e. The Hall–Kier alpha value is -1.24. The molecule has 0 radical (unpaired) electrons. The molecule has 1 aliphatic carbocycles. The predicted molar refractivity (Wildman–Crippen MR) is 85.5 cm³/mol. The van der Waals surface area contributed by atoms with E-state index in [0.717, 1.165) is 35.5 Å². The summed E-state index contributed by atoms with van der Waals surface area (Å²) in [4.78, 5) is 16.5. The van der Waals surface area contributed by atoms with Gasteiger partial charge in [-0.2, -0.15) is 11.3 Å². The van der Waals surface area contributed by atoms with Crippen molar-refractivity contribution in [3.05, 3.63) is 27.9 Å². The summed E-state index contributed by atoms with van der Waals surface area (Å²) >= 11 is 3.22. The third kappa shape index (κ3) is 3.70. The molecule has 0 bridgehead atoms. The lowest BCUT2D eigenvalue weighted by atomic mass is 10.0. The molecule has 1 saturated carbocycles. The molecule has 2 aromatic heterocycles. The topological polar surface area (TPSA) is 62.2 Å². The Morgan fingerprint density at radius 2 is 2.29 bits per heavy atom. The highest BCUT2D eigenvalue weighted by Crippen LogP contribution is 2.47. The highest BCUT2D eigenvalue weighted by Gasteiger charge is 2.41. The quantitative estimate of drug-likeness (QED) is 0.824. The summed E-state index contributed by atoms with van der Waals surface area (Å²) in [6.07, 6.45) is 3.32. The summed E-state index contributed by atoms with van der Waals surface area (Å²) in [5.41, 5.74) is 2.11. The molecule has 0 aromatic carbocycles. The van der Waals surface area contributed by atoms with Crippen LogP contribution in [0.1, 0.15) is 25.0 Å². The number of aliphatic hydroxyl groups is 1. The maximum Gasteiger partial charge on any atom is 0.226 e. The monoisotopic (exact) mass is 322 g/mol. The van der Waals surface area contributed by atoms with E-state index in [2.05, 4.69) is 15.7 Å². The Morgan fingerprint density at radius 1 is 1.43 bits per heavy atom. The number of thiophene rings is 1. The van der Waals surface area contributed by atoms with Gasteiger partial charge in [0, 0.05) is 29.5 Å². The molecule has 21 heavy (non-hydrogen) atoms. The fourth-order valence-electron chi connectivity index (χ4n) is 2.35. The van der Waals surface area contributed by atoms with Crippen molar-refractivity contribution in [1.29, 1.82) is 0 Å². The summed E-state index contributed by atoms with van der Waals surface area (Å²) in [5, 5.41) is 19.0. The predicted octanol–water partition coefficient (Wildman–Crippen LogP) is 2.69. The minimum absolute atomic E-state index is 0.0152. The van der Waals surface area contributed by atoms with E-state index in [1.807, 2.05) is 16.8 Å². The van der Waals surface area contributed by atoms with E-state index in [0.29, 0.717) is 13.0 Å². The number of carbonyl (C=O) groups is 1. The lowest BCUT2D eigenvalue weighted by molar-refractivity contribution is -0.120.